The Labute approximate surface area is 147 Å². The molecule has 0 aromatic heterocycles. The Balaban J connectivity index is 2.08. The molecule has 1 amide bonds. The minimum Gasteiger partial charge on any atom is -0.480 e. The molecule has 138 valence electrons. The number of nitrogens with one attached hydrogen (secondary N) is 1. The van der Waals surface area contributed by atoms with Crippen LogP contribution in [-0.2, 0) is 24.8 Å². The summed E-state index contributed by atoms with van der Waals surface area (Å²) in [7, 11) is -3.28. The number of carbonyl (C=O) groups excluding carboxylic acids is 1. The predicted octanol–water partition coefficient (Wildman–Crippen LogP) is 2.47. The molecule has 0 bridgehead atoms. The lowest BCUT2D eigenvalue weighted by atomic mass is 10.2. The number of hydrogen-bond donors (Lipinski definition) is 2. The topological polar surface area (TPSA) is 95.9 Å². The van der Waals surface area contributed by atoms with Crippen molar-refractivity contribution in [2.75, 3.05) is 13.2 Å². The van der Waals surface area contributed by atoms with Crippen LogP contribution < -0.4 is 5.09 Å². The number of likely N-dealkylation sites (tertiary alicyclic amines) is 1. The molecule has 1 aliphatic rings. The fourth-order valence-corrected chi connectivity index (χ4v) is 5.11. The molecule has 25 heavy (non-hydrogen) atoms. The van der Waals surface area contributed by atoms with Crippen molar-refractivity contribution in [2.24, 2.45) is 0 Å². The van der Waals surface area contributed by atoms with Crippen LogP contribution >= 0.6 is 7.52 Å². The quantitative estimate of drug-likeness (QED) is 0.685. The third kappa shape index (κ3) is 5.14. The maximum atomic E-state index is 13.1. The van der Waals surface area contributed by atoms with Gasteiger partial charge in [-0.3, -0.25) is 9.36 Å². The molecule has 1 unspecified atom stereocenters. The molecule has 8 heteroatoms. The highest BCUT2D eigenvalue weighted by Gasteiger charge is 2.38. The number of benzene rings is 1. The van der Waals surface area contributed by atoms with E-state index in [1.807, 2.05) is 30.3 Å². The predicted molar refractivity (Wildman–Crippen MR) is 94.3 cm³/mol. The molecule has 1 fully saturated rings. The SMILES string of the molecule is CCOP(=O)(Cc1ccccc1)N[C@@H](C)C(=O)N1CCC[C@H]1C(=O)O. The highest BCUT2D eigenvalue weighted by Crippen LogP contribution is 2.46. The molecule has 1 heterocycles. The first-order valence-electron chi connectivity index (χ1n) is 8.45. The summed E-state index contributed by atoms with van der Waals surface area (Å²) in [5.41, 5.74) is 0.844. The summed E-state index contributed by atoms with van der Waals surface area (Å²) < 4.78 is 18.6. The number of carboxylic acid groups (broad SMARTS) is 1. The molecule has 1 aromatic carbocycles. The Kier molecular flexibility index (Phi) is 6.76. The zero-order valence-electron chi connectivity index (χ0n) is 14.6. The van der Waals surface area contributed by atoms with E-state index in [2.05, 4.69) is 5.09 Å². The summed E-state index contributed by atoms with van der Waals surface area (Å²) in [5.74, 6) is -1.37. The van der Waals surface area contributed by atoms with Gasteiger partial charge in [-0.2, -0.15) is 0 Å². The summed E-state index contributed by atoms with van der Waals surface area (Å²) >= 11 is 0. The lowest BCUT2D eigenvalue weighted by molar-refractivity contribution is -0.148. The van der Waals surface area contributed by atoms with Gasteiger partial charge in [0.2, 0.25) is 5.91 Å². The monoisotopic (exact) mass is 368 g/mol. The van der Waals surface area contributed by atoms with Gasteiger partial charge < -0.3 is 14.5 Å². The van der Waals surface area contributed by atoms with Crippen molar-refractivity contribution in [3.8, 4) is 0 Å². The van der Waals surface area contributed by atoms with Gasteiger partial charge in [-0.15, -0.1) is 0 Å². The van der Waals surface area contributed by atoms with Gasteiger partial charge >= 0.3 is 5.97 Å². The molecule has 3 atom stereocenters. The zero-order chi connectivity index (χ0) is 18.4. The van der Waals surface area contributed by atoms with Crippen molar-refractivity contribution >= 4 is 19.4 Å². The second-order valence-corrected chi connectivity index (χ2v) is 8.29. The van der Waals surface area contributed by atoms with Gasteiger partial charge in [0.15, 0.2) is 0 Å². The van der Waals surface area contributed by atoms with E-state index >= 15 is 0 Å². The third-order valence-electron chi connectivity index (χ3n) is 4.15. The van der Waals surface area contributed by atoms with Gasteiger partial charge in [0.1, 0.15) is 6.04 Å². The van der Waals surface area contributed by atoms with E-state index in [4.69, 9.17) is 4.52 Å². The van der Waals surface area contributed by atoms with Crippen molar-refractivity contribution in [1.29, 1.82) is 0 Å². The van der Waals surface area contributed by atoms with E-state index in [9.17, 15) is 19.3 Å². The number of amides is 1. The van der Waals surface area contributed by atoms with Crippen LogP contribution in [0.4, 0.5) is 0 Å². The molecule has 1 saturated heterocycles. The minimum absolute atomic E-state index is 0.168. The largest absolute Gasteiger partial charge is 0.480 e. The van der Waals surface area contributed by atoms with Crippen molar-refractivity contribution in [3.05, 3.63) is 35.9 Å². The molecular weight excluding hydrogens is 343 g/mol. The summed E-state index contributed by atoms with van der Waals surface area (Å²) in [4.78, 5) is 25.2. The number of hydrogen-bond acceptors (Lipinski definition) is 4. The lowest BCUT2D eigenvalue weighted by Gasteiger charge is -2.28. The van der Waals surface area contributed by atoms with E-state index in [-0.39, 0.29) is 18.7 Å². The van der Waals surface area contributed by atoms with Crippen LogP contribution in [0.1, 0.15) is 32.3 Å². The van der Waals surface area contributed by atoms with Crippen molar-refractivity contribution in [3.63, 3.8) is 0 Å². The Morgan fingerprint density at radius 2 is 2.08 bits per heavy atom. The Morgan fingerprint density at radius 3 is 2.68 bits per heavy atom. The molecule has 1 aromatic rings. The van der Waals surface area contributed by atoms with Crippen LogP contribution in [0.2, 0.25) is 0 Å². The number of carbonyl (C=O) groups is 2. The average molecular weight is 368 g/mol. The molecule has 2 N–H and O–H groups in total. The molecule has 2 rings (SSSR count). The van der Waals surface area contributed by atoms with Crippen molar-refractivity contribution in [2.45, 2.75) is 44.9 Å². The van der Waals surface area contributed by atoms with Crippen LogP contribution in [0.3, 0.4) is 0 Å². The zero-order valence-corrected chi connectivity index (χ0v) is 15.4. The lowest BCUT2D eigenvalue weighted by Crippen LogP contribution is -2.48. The van der Waals surface area contributed by atoms with Gasteiger partial charge in [-0.25, -0.2) is 9.88 Å². The molecule has 0 spiro atoms. The van der Waals surface area contributed by atoms with E-state index < -0.39 is 25.6 Å². The summed E-state index contributed by atoms with van der Waals surface area (Å²) in [5, 5.41) is 12.1. The van der Waals surface area contributed by atoms with E-state index in [1.54, 1.807) is 13.8 Å². The van der Waals surface area contributed by atoms with Crippen LogP contribution in [0.15, 0.2) is 30.3 Å². The van der Waals surface area contributed by atoms with Crippen molar-refractivity contribution < 1.29 is 23.8 Å². The number of rotatable bonds is 8. The Morgan fingerprint density at radius 1 is 1.40 bits per heavy atom. The van der Waals surface area contributed by atoms with E-state index in [0.717, 1.165) is 5.56 Å². The number of carboxylic acids is 1. The molecule has 0 aliphatic carbocycles. The molecule has 0 saturated carbocycles. The first-order chi connectivity index (χ1) is 11.9. The van der Waals surface area contributed by atoms with Gasteiger partial charge in [-0.05, 0) is 32.3 Å². The van der Waals surface area contributed by atoms with Gasteiger partial charge in [0, 0.05) is 6.54 Å². The summed E-state index contributed by atoms with van der Waals surface area (Å²) in [6, 6.07) is 7.66. The maximum absolute atomic E-state index is 13.1. The smallest absolute Gasteiger partial charge is 0.326 e. The average Bonchev–Trinajstić information content (AvgIpc) is 3.04. The van der Waals surface area contributed by atoms with Gasteiger partial charge in [0.05, 0.1) is 18.8 Å². The minimum atomic E-state index is -3.28. The highest BCUT2D eigenvalue weighted by molar-refractivity contribution is 7.56. The number of aliphatic carboxylic acids is 1. The van der Waals surface area contributed by atoms with Crippen LogP contribution in [-0.4, -0.2) is 47.1 Å². The first kappa shape index (κ1) is 19.6. The fraction of sp³-hybridized carbons (Fsp3) is 0.529. The van der Waals surface area contributed by atoms with E-state index in [1.165, 1.54) is 4.90 Å². The van der Waals surface area contributed by atoms with Crippen molar-refractivity contribution in [1.82, 2.24) is 9.99 Å². The molecule has 7 nitrogen and oxygen atoms in total. The van der Waals surface area contributed by atoms with Crippen LogP contribution in [0, 0.1) is 0 Å². The molecule has 1 aliphatic heterocycles. The molecule has 0 radical (unpaired) electrons. The highest BCUT2D eigenvalue weighted by atomic mass is 31.2. The van der Waals surface area contributed by atoms with Gasteiger partial charge in [0.25, 0.3) is 7.52 Å². The summed E-state index contributed by atoms with van der Waals surface area (Å²) in [6.45, 7) is 3.99. The first-order valence-corrected chi connectivity index (χ1v) is 10.3. The number of nitrogens with zero attached hydrogens (tertiary/aromatic N) is 1. The second kappa shape index (κ2) is 8.61. The fourth-order valence-electron chi connectivity index (χ4n) is 3.05. The standard InChI is InChI=1S/C17H25N2O5P/c1-3-24-25(23,12-14-8-5-4-6-9-14)18-13(2)16(20)19-11-7-10-15(19)17(21)22/h4-6,8-9,13,15H,3,7,10-12H2,1-2H3,(H,18,23)(H,21,22)/t13-,15-,25?/m0/s1. The van der Waals surface area contributed by atoms with Crippen LogP contribution in [0.5, 0.6) is 0 Å². The van der Waals surface area contributed by atoms with Crippen LogP contribution in [0.25, 0.3) is 0 Å². The Bertz CT molecular complexity index is 652. The normalized spacial score (nSPS) is 20.9. The van der Waals surface area contributed by atoms with E-state index in [0.29, 0.717) is 19.4 Å². The summed E-state index contributed by atoms with van der Waals surface area (Å²) in [6.07, 6.45) is 1.27. The van der Waals surface area contributed by atoms with Gasteiger partial charge in [-0.1, -0.05) is 30.3 Å². The maximum Gasteiger partial charge on any atom is 0.326 e. The second-order valence-electron chi connectivity index (χ2n) is 6.11. The molecular formula is C17H25N2O5P. The third-order valence-corrected chi connectivity index (χ3v) is 6.39. The Hall–Kier alpha value is -1.69.